The van der Waals surface area contributed by atoms with E-state index >= 15 is 0 Å². The second kappa shape index (κ2) is 5.40. The van der Waals surface area contributed by atoms with Crippen LogP contribution in [0, 0.1) is 5.92 Å². The standard InChI is InChI=1S/C14H20N2O2/c1-3-10(2)13(15)14(17)16-8-9-18-12-7-5-4-6-11(12)16/h4-7,10,13H,3,8-9,15H2,1-2H3. The molecule has 0 bridgehead atoms. The summed E-state index contributed by atoms with van der Waals surface area (Å²) in [6.07, 6.45) is 0.902. The summed E-state index contributed by atoms with van der Waals surface area (Å²) in [6, 6.07) is 7.14. The van der Waals surface area contributed by atoms with E-state index in [1.165, 1.54) is 0 Å². The number of nitrogens with zero attached hydrogens (tertiary/aromatic N) is 1. The van der Waals surface area contributed by atoms with Crippen LogP contribution in [0.4, 0.5) is 5.69 Å². The Morgan fingerprint density at radius 2 is 2.22 bits per heavy atom. The van der Waals surface area contributed by atoms with Gasteiger partial charge in [-0.15, -0.1) is 0 Å². The van der Waals surface area contributed by atoms with Gasteiger partial charge in [0.15, 0.2) is 0 Å². The van der Waals surface area contributed by atoms with Crippen molar-refractivity contribution in [2.45, 2.75) is 26.3 Å². The van der Waals surface area contributed by atoms with Crippen molar-refractivity contribution in [3.8, 4) is 5.75 Å². The van der Waals surface area contributed by atoms with E-state index in [1.54, 1.807) is 4.90 Å². The van der Waals surface area contributed by atoms with E-state index in [2.05, 4.69) is 0 Å². The molecule has 1 heterocycles. The quantitative estimate of drug-likeness (QED) is 0.887. The minimum Gasteiger partial charge on any atom is -0.490 e. The maximum atomic E-state index is 12.4. The molecule has 18 heavy (non-hydrogen) atoms. The van der Waals surface area contributed by atoms with Gasteiger partial charge < -0.3 is 15.4 Å². The summed E-state index contributed by atoms with van der Waals surface area (Å²) in [6.45, 7) is 5.15. The lowest BCUT2D eigenvalue weighted by atomic mass is 9.98. The molecule has 4 heteroatoms. The van der Waals surface area contributed by atoms with Crippen LogP contribution >= 0.6 is 0 Å². The van der Waals surface area contributed by atoms with Gasteiger partial charge in [-0.2, -0.15) is 0 Å². The number of hydrogen-bond donors (Lipinski definition) is 1. The lowest BCUT2D eigenvalue weighted by Gasteiger charge is -2.32. The van der Waals surface area contributed by atoms with E-state index in [4.69, 9.17) is 10.5 Å². The Hall–Kier alpha value is -1.55. The van der Waals surface area contributed by atoms with Crippen LogP contribution in [0.1, 0.15) is 20.3 Å². The molecule has 2 N–H and O–H groups in total. The predicted molar refractivity (Wildman–Crippen MR) is 71.7 cm³/mol. The molecule has 0 saturated heterocycles. The number of amides is 1. The third-order valence-corrected chi connectivity index (χ3v) is 3.54. The summed E-state index contributed by atoms with van der Waals surface area (Å²) in [4.78, 5) is 14.2. The van der Waals surface area contributed by atoms with Crippen molar-refractivity contribution in [2.24, 2.45) is 11.7 Å². The minimum absolute atomic E-state index is 0.0138. The van der Waals surface area contributed by atoms with Crippen molar-refractivity contribution >= 4 is 11.6 Å². The first-order valence-corrected chi connectivity index (χ1v) is 6.44. The molecule has 1 amide bonds. The number of ether oxygens (including phenoxy) is 1. The number of anilines is 1. The fraction of sp³-hybridized carbons (Fsp3) is 0.500. The molecule has 1 aromatic rings. The molecule has 1 aliphatic heterocycles. The third-order valence-electron chi connectivity index (χ3n) is 3.54. The molecule has 2 unspecified atom stereocenters. The number of rotatable bonds is 3. The molecular formula is C14H20N2O2. The number of hydrogen-bond acceptors (Lipinski definition) is 3. The van der Waals surface area contributed by atoms with Gasteiger partial charge in [0.2, 0.25) is 5.91 Å². The van der Waals surface area contributed by atoms with Crippen molar-refractivity contribution in [1.82, 2.24) is 0 Å². The Bertz CT molecular complexity index is 434. The van der Waals surface area contributed by atoms with Crippen molar-refractivity contribution in [3.63, 3.8) is 0 Å². The highest BCUT2D eigenvalue weighted by molar-refractivity contribution is 5.98. The number of carbonyl (C=O) groups excluding carboxylic acids is 1. The van der Waals surface area contributed by atoms with Crippen LogP contribution in [0.2, 0.25) is 0 Å². The highest BCUT2D eigenvalue weighted by Gasteiger charge is 2.29. The highest BCUT2D eigenvalue weighted by Crippen LogP contribution is 2.31. The molecule has 0 fully saturated rings. The Morgan fingerprint density at radius 3 is 2.94 bits per heavy atom. The molecule has 1 aliphatic rings. The number of fused-ring (bicyclic) bond motifs is 1. The molecule has 98 valence electrons. The van der Waals surface area contributed by atoms with Gasteiger partial charge in [-0.25, -0.2) is 0 Å². The SMILES string of the molecule is CCC(C)C(N)C(=O)N1CCOc2ccccc21. The van der Waals surface area contributed by atoms with E-state index in [0.29, 0.717) is 13.2 Å². The zero-order chi connectivity index (χ0) is 13.1. The molecule has 4 nitrogen and oxygen atoms in total. The largest absolute Gasteiger partial charge is 0.490 e. The van der Waals surface area contributed by atoms with E-state index in [-0.39, 0.29) is 11.8 Å². The van der Waals surface area contributed by atoms with Gasteiger partial charge in [-0.05, 0) is 18.1 Å². The van der Waals surface area contributed by atoms with E-state index in [9.17, 15) is 4.79 Å². The van der Waals surface area contributed by atoms with Gasteiger partial charge >= 0.3 is 0 Å². The summed E-state index contributed by atoms with van der Waals surface area (Å²) in [7, 11) is 0. The fourth-order valence-corrected chi connectivity index (χ4v) is 2.08. The molecule has 2 rings (SSSR count). The summed E-state index contributed by atoms with van der Waals surface area (Å²) < 4.78 is 5.54. The van der Waals surface area contributed by atoms with Gasteiger partial charge in [-0.1, -0.05) is 32.4 Å². The number of carbonyl (C=O) groups is 1. The van der Waals surface area contributed by atoms with Crippen molar-refractivity contribution in [1.29, 1.82) is 0 Å². The lowest BCUT2D eigenvalue weighted by molar-refractivity contribution is -0.121. The second-order valence-corrected chi connectivity index (χ2v) is 4.72. The zero-order valence-corrected chi connectivity index (χ0v) is 10.9. The van der Waals surface area contributed by atoms with E-state index in [0.717, 1.165) is 17.9 Å². The maximum Gasteiger partial charge on any atom is 0.244 e. The van der Waals surface area contributed by atoms with Crippen LogP contribution in [0.15, 0.2) is 24.3 Å². The Balaban J connectivity index is 2.22. The minimum atomic E-state index is -0.443. The maximum absolute atomic E-state index is 12.4. The smallest absolute Gasteiger partial charge is 0.244 e. The third kappa shape index (κ3) is 2.34. The van der Waals surface area contributed by atoms with Gasteiger partial charge in [-0.3, -0.25) is 4.79 Å². The van der Waals surface area contributed by atoms with Crippen LogP contribution in [0.5, 0.6) is 5.75 Å². The average Bonchev–Trinajstić information content (AvgIpc) is 2.44. The van der Waals surface area contributed by atoms with Crippen molar-refractivity contribution in [3.05, 3.63) is 24.3 Å². The van der Waals surface area contributed by atoms with Gasteiger partial charge in [0.05, 0.1) is 18.3 Å². The first kappa shape index (κ1) is 12.9. The highest BCUT2D eigenvalue weighted by atomic mass is 16.5. The molecule has 0 spiro atoms. The number of benzene rings is 1. The van der Waals surface area contributed by atoms with E-state index in [1.807, 2.05) is 38.1 Å². The van der Waals surface area contributed by atoms with Crippen LogP contribution in [-0.4, -0.2) is 25.1 Å². The van der Waals surface area contributed by atoms with Gasteiger partial charge in [0.25, 0.3) is 0 Å². The molecule has 0 radical (unpaired) electrons. The molecular weight excluding hydrogens is 228 g/mol. The van der Waals surface area contributed by atoms with Gasteiger partial charge in [0.1, 0.15) is 12.4 Å². The molecule has 1 aromatic carbocycles. The average molecular weight is 248 g/mol. The van der Waals surface area contributed by atoms with Crippen LogP contribution in [0.3, 0.4) is 0 Å². The Kier molecular flexibility index (Phi) is 3.87. The predicted octanol–water partition coefficient (Wildman–Crippen LogP) is 1.79. The Morgan fingerprint density at radius 1 is 1.50 bits per heavy atom. The van der Waals surface area contributed by atoms with Crippen LogP contribution in [0.25, 0.3) is 0 Å². The van der Waals surface area contributed by atoms with Crippen molar-refractivity contribution in [2.75, 3.05) is 18.1 Å². The fourth-order valence-electron chi connectivity index (χ4n) is 2.08. The monoisotopic (exact) mass is 248 g/mol. The summed E-state index contributed by atoms with van der Waals surface area (Å²) in [5.74, 6) is 0.932. The van der Waals surface area contributed by atoms with Crippen LogP contribution < -0.4 is 15.4 Å². The number of para-hydroxylation sites is 2. The molecule has 0 aromatic heterocycles. The lowest BCUT2D eigenvalue weighted by Crippen LogP contribution is -2.49. The molecule has 0 aliphatic carbocycles. The van der Waals surface area contributed by atoms with Gasteiger partial charge in [0, 0.05) is 0 Å². The zero-order valence-electron chi connectivity index (χ0n) is 10.9. The Labute approximate surface area is 108 Å². The first-order valence-electron chi connectivity index (χ1n) is 6.44. The van der Waals surface area contributed by atoms with Crippen LogP contribution in [-0.2, 0) is 4.79 Å². The summed E-state index contributed by atoms with van der Waals surface area (Å²) >= 11 is 0. The second-order valence-electron chi connectivity index (χ2n) is 4.72. The topological polar surface area (TPSA) is 55.6 Å². The van der Waals surface area contributed by atoms with Crippen molar-refractivity contribution < 1.29 is 9.53 Å². The summed E-state index contributed by atoms with van der Waals surface area (Å²) in [5.41, 5.74) is 6.85. The summed E-state index contributed by atoms with van der Waals surface area (Å²) in [5, 5.41) is 0. The normalized spacial score (nSPS) is 17.6. The first-order chi connectivity index (χ1) is 8.65. The number of nitrogens with two attached hydrogens (primary N) is 1. The molecule has 0 saturated carbocycles. The molecule has 2 atom stereocenters. The van der Waals surface area contributed by atoms with E-state index < -0.39 is 6.04 Å².